The Hall–Kier alpha value is 0.719. The summed E-state index contributed by atoms with van der Waals surface area (Å²) in [4.78, 5) is 4.61. The van der Waals surface area contributed by atoms with E-state index in [1.165, 1.54) is 64.2 Å². The van der Waals surface area contributed by atoms with Crippen molar-refractivity contribution in [2.24, 2.45) is 0 Å². The van der Waals surface area contributed by atoms with E-state index in [1.807, 2.05) is 0 Å². The molecule has 100 valence electrons. The topological polar surface area (TPSA) is 18.5 Å². The molecule has 0 aromatic rings. The van der Waals surface area contributed by atoms with E-state index in [4.69, 9.17) is 6.15 Å². The summed E-state index contributed by atoms with van der Waals surface area (Å²) >= 11 is -2.64. The molecule has 0 N–H and O–H groups in total. The van der Waals surface area contributed by atoms with Gasteiger partial charge in [0.1, 0.15) is 0 Å². The van der Waals surface area contributed by atoms with Gasteiger partial charge in [0.15, 0.2) is 0 Å². The number of rotatable bonds is 4. The summed E-state index contributed by atoms with van der Waals surface area (Å²) in [5.41, 5.74) is 0. The van der Waals surface area contributed by atoms with Gasteiger partial charge in [-0.05, 0) is 0 Å². The van der Waals surface area contributed by atoms with Crippen molar-refractivity contribution in [3.8, 4) is 0 Å². The van der Waals surface area contributed by atoms with Crippen LogP contribution in [0.15, 0.2) is 0 Å². The monoisotopic (exact) mass is 348 g/mol. The zero-order valence-electron chi connectivity index (χ0n) is 11.5. The number of hydrogen-bond donors (Lipinski definition) is 0. The molecule has 0 aromatic carbocycles. The van der Waals surface area contributed by atoms with Gasteiger partial charge in [0.25, 0.3) is 0 Å². The first-order valence-electron chi connectivity index (χ1n) is 7.51. The van der Waals surface area contributed by atoms with Crippen molar-refractivity contribution >= 4 is 19.2 Å². The summed E-state index contributed by atoms with van der Waals surface area (Å²) in [5, 5.41) is 0. The maximum atomic E-state index is 6.37. The Morgan fingerprint density at radius 3 is 1.35 bits per heavy atom. The second-order valence-electron chi connectivity index (χ2n) is 6.16. The predicted octanol–water partition coefficient (Wildman–Crippen LogP) is 4.39. The fourth-order valence-corrected chi connectivity index (χ4v) is 9.28. The van der Waals surface area contributed by atoms with Gasteiger partial charge in [0, 0.05) is 0 Å². The van der Waals surface area contributed by atoms with Crippen molar-refractivity contribution in [3.05, 3.63) is 0 Å². The van der Waals surface area contributed by atoms with Crippen LogP contribution in [0.2, 0.25) is 9.88 Å². The molecule has 2 saturated carbocycles. The summed E-state index contributed by atoms with van der Waals surface area (Å²) in [6.45, 7) is 0. The van der Waals surface area contributed by atoms with Gasteiger partial charge in [-0.3, -0.25) is 0 Å². The van der Waals surface area contributed by atoms with E-state index < -0.39 is 19.2 Å². The van der Waals surface area contributed by atoms with Crippen LogP contribution in [0.4, 0.5) is 0 Å². The van der Waals surface area contributed by atoms with Crippen molar-refractivity contribution in [3.63, 3.8) is 0 Å². The summed E-state index contributed by atoms with van der Waals surface area (Å²) in [6, 6.07) is 0. The fourth-order valence-electron chi connectivity index (χ4n) is 3.20. The third-order valence-corrected chi connectivity index (χ3v) is 9.15. The molecule has 2 aliphatic carbocycles. The molecule has 0 spiro atoms. The van der Waals surface area contributed by atoms with Crippen molar-refractivity contribution in [1.82, 2.24) is 0 Å². The van der Waals surface area contributed by atoms with Crippen molar-refractivity contribution < 1.29 is 6.15 Å². The Morgan fingerprint density at radius 1 is 0.647 bits per heavy atom. The minimum atomic E-state index is -2.64. The number of hydrogen-bond acceptors (Lipinski definition) is 2. The zero-order valence-corrected chi connectivity index (χ0v) is 14.4. The van der Waals surface area contributed by atoms with Gasteiger partial charge >= 0.3 is 112 Å². The van der Waals surface area contributed by atoms with Crippen LogP contribution in [0.25, 0.3) is 0 Å². The van der Waals surface area contributed by atoms with Gasteiger partial charge in [-0.1, -0.05) is 0 Å². The quantitative estimate of drug-likeness (QED) is 0.703. The van der Waals surface area contributed by atoms with Crippen LogP contribution >= 0.6 is 0 Å². The Kier molecular flexibility index (Phi) is 5.62. The summed E-state index contributed by atoms with van der Waals surface area (Å²) in [7, 11) is 0. The standard InChI is InChI=1S/2C6H11O.2CH3.Sn/c2*7-6-4-2-1-3-5-6;;;/h2*6H,1-5H2;2*1H3;/q2*-1;;;+2. The molecule has 17 heavy (non-hydrogen) atoms. The van der Waals surface area contributed by atoms with Gasteiger partial charge in [-0.2, -0.15) is 0 Å². The van der Waals surface area contributed by atoms with E-state index >= 15 is 0 Å². The van der Waals surface area contributed by atoms with E-state index in [1.54, 1.807) is 0 Å². The molecule has 2 aliphatic rings. The van der Waals surface area contributed by atoms with Crippen molar-refractivity contribution in [2.75, 3.05) is 0 Å². The molecule has 0 unspecified atom stereocenters. The molecule has 0 amide bonds. The van der Waals surface area contributed by atoms with E-state index in [0.29, 0.717) is 12.2 Å². The van der Waals surface area contributed by atoms with Crippen LogP contribution in [0.5, 0.6) is 0 Å². The summed E-state index contributed by atoms with van der Waals surface area (Å²) in [6.07, 6.45) is 14.4. The molecule has 0 saturated heterocycles. The van der Waals surface area contributed by atoms with Gasteiger partial charge in [0.05, 0.1) is 0 Å². The minimum absolute atomic E-state index is 0.526. The van der Waals surface area contributed by atoms with E-state index in [0.717, 1.165) is 0 Å². The molecule has 0 atom stereocenters. The zero-order chi connectivity index (χ0) is 12.1. The molecule has 0 bridgehead atoms. The molecular weight excluding hydrogens is 319 g/mol. The van der Waals surface area contributed by atoms with Crippen LogP contribution in [-0.2, 0) is 6.15 Å². The fraction of sp³-hybridized carbons (Fsp3) is 1.00. The van der Waals surface area contributed by atoms with E-state index in [9.17, 15) is 0 Å². The Morgan fingerprint density at radius 2 is 1.00 bits per heavy atom. The third-order valence-electron chi connectivity index (χ3n) is 4.01. The van der Waals surface area contributed by atoms with Crippen molar-refractivity contribution in [1.29, 1.82) is 0 Å². The first-order chi connectivity index (χ1) is 8.16. The molecule has 0 aromatic heterocycles. The van der Waals surface area contributed by atoms with Gasteiger partial charge in [-0.25, -0.2) is 0 Å². The SMILES string of the molecule is [CH3][Sn]([CH3])([O]C1CCCCC1)[O]C1CCCCC1. The molecule has 0 heterocycles. The van der Waals surface area contributed by atoms with Gasteiger partial charge in [0.2, 0.25) is 0 Å². The Balaban J connectivity index is 1.75. The first-order valence-corrected chi connectivity index (χ1v) is 15.6. The first kappa shape index (κ1) is 14.1. The molecule has 2 rings (SSSR count). The summed E-state index contributed by atoms with van der Waals surface area (Å²) < 4.78 is 12.7. The normalized spacial score (nSPS) is 25.1. The van der Waals surface area contributed by atoms with Crippen LogP contribution in [0.1, 0.15) is 64.2 Å². The molecule has 0 aliphatic heterocycles. The Labute approximate surface area is 111 Å². The second-order valence-corrected chi connectivity index (χ2v) is 15.5. The molecular formula is C14H28O2Sn. The van der Waals surface area contributed by atoms with E-state index in [-0.39, 0.29) is 0 Å². The average Bonchev–Trinajstić information content (AvgIpc) is 2.30. The van der Waals surface area contributed by atoms with Crippen LogP contribution in [0, 0.1) is 0 Å². The molecule has 3 heteroatoms. The predicted molar refractivity (Wildman–Crippen MR) is 73.4 cm³/mol. The maximum absolute atomic E-state index is 6.37. The Bertz CT molecular complexity index is 196. The average molecular weight is 347 g/mol. The van der Waals surface area contributed by atoms with Gasteiger partial charge in [-0.15, -0.1) is 0 Å². The molecule has 2 fully saturated rings. The van der Waals surface area contributed by atoms with Crippen molar-refractivity contribution in [2.45, 2.75) is 86.3 Å². The summed E-state index contributed by atoms with van der Waals surface area (Å²) in [5.74, 6) is 0. The third kappa shape index (κ3) is 5.07. The molecule has 2 nitrogen and oxygen atoms in total. The van der Waals surface area contributed by atoms with Crippen LogP contribution < -0.4 is 0 Å². The second kappa shape index (κ2) is 6.76. The van der Waals surface area contributed by atoms with Gasteiger partial charge < -0.3 is 0 Å². The molecule has 0 radical (unpaired) electrons. The van der Waals surface area contributed by atoms with Crippen LogP contribution in [0.3, 0.4) is 0 Å². The van der Waals surface area contributed by atoms with E-state index in [2.05, 4.69) is 9.88 Å². The van der Waals surface area contributed by atoms with Crippen LogP contribution in [-0.4, -0.2) is 31.4 Å².